The number of aromatic nitrogens is 1. The van der Waals surface area contributed by atoms with Gasteiger partial charge in [0.1, 0.15) is 22.8 Å². The maximum Gasteiger partial charge on any atom is 0.353 e. The molecule has 8 N–H and O–H groups in total. The molecule has 1 unspecified atom stereocenters. The molecule has 4 rings (SSSR count). The molecule has 3 aliphatic heterocycles. The van der Waals surface area contributed by atoms with Crippen molar-refractivity contribution in [2.24, 2.45) is 21.1 Å². The topological polar surface area (TPSA) is 224 Å². The molecule has 0 bridgehead atoms. The van der Waals surface area contributed by atoms with E-state index in [9.17, 15) is 24.7 Å². The highest BCUT2D eigenvalue weighted by atomic mass is 32.2. The normalized spacial score (nSPS) is 23.4. The van der Waals surface area contributed by atoms with Crippen molar-refractivity contribution in [1.82, 2.24) is 25.4 Å². The van der Waals surface area contributed by atoms with Crippen LogP contribution in [0.3, 0.4) is 0 Å². The van der Waals surface area contributed by atoms with E-state index in [2.05, 4.69) is 31.0 Å². The van der Waals surface area contributed by atoms with Gasteiger partial charge < -0.3 is 37.3 Å². The Hall–Kier alpha value is -3.70. The Morgan fingerprint density at radius 3 is 2.71 bits per heavy atom. The van der Waals surface area contributed by atoms with Crippen molar-refractivity contribution in [3.8, 4) is 0 Å². The number of nitrogen functional groups attached to an aromatic ring is 1. The summed E-state index contributed by atoms with van der Waals surface area (Å²) in [6.07, 6.45) is 1.27. The maximum atomic E-state index is 12.8. The summed E-state index contributed by atoms with van der Waals surface area (Å²) in [5.74, 6) is -2.37. The highest BCUT2D eigenvalue weighted by molar-refractivity contribution is 8.00. The fourth-order valence-electron chi connectivity index (χ4n) is 3.68. The van der Waals surface area contributed by atoms with Gasteiger partial charge in [-0.3, -0.25) is 14.5 Å². The molecule has 0 aromatic carbocycles. The zero-order valence-corrected chi connectivity index (χ0v) is 19.8. The SMILES string of the molecule is NC(=NN=CC1=C(C(=O)O)N2C(=O)C(NC(=O)/C(=N\O)c3csc(N)n3)[C@H]2SC1)N1CCNCC1. The van der Waals surface area contributed by atoms with Crippen LogP contribution >= 0.6 is 23.1 Å². The van der Waals surface area contributed by atoms with Crippen LogP contribution in [0.15, 0.2) is 32.0 Å². The first kappa shape index (κ1) is 24.4. The second kappa shape index (κ2) is 10.3. The molecule has 0 spiro atoms. The van der Waals surface area contributed by atoms with Crippen LogP contribution in [0.1, 0.15) is 5.69 Å². The number of fused-ring (bicyclic) bond motifs is 1. The number of nitrogens with two attached hydrogens (primary N) is 2. The Labute approximate surface area is 206 Å². The Morgan fingerprint density at radius 2 is 2.09 bits per heavy atom. The summed E-state index contributed by atoms with van der Waals surface area (Å²) in [5, 5.41) is 36.4. The highest BCUT2D eigenvalue weighted by Crippen LogP contribution is 2.40. The zero-order chi connectivity index (χ0) is 25.1. The molecule has 186 valence electrons. The van der Waals surface area contributed by atoms with E-state index < -0.39 is 34.9 Å². The van der Waals surface area contributed by atoms with Gasteiger partial charge in [-0.1, -0.05) is 5.16 Å². The molecule has 15 nitrogen and oxygen atoms in total. The quantitative estimate of drug-likeness (QED) is 0.0776. The highest BCUT2D eigenvalue weighted by Gasteiger charge is 2.54. The molecule has 17 heteroatoms. The minimum Gasteiger partial charge on any atom is -0.477 e. The average Bonchev–Trinajstić information content (AvgIpc) is 3.28. The molecular formula is C18H22N10O5S2. The molecule has 0 radical (unpaired) electrons. The maximum absolute atomic E-state index is 12.8. The Kier molecular flexibility index (Phi) is 7.17. The van der Waals surface area contributed by atoms with Crippen molar-refractivity contribution >= 4 is 63.9 Å². The Morgan fingerprint density at radius 1 is 1.34 bits per heavy atom. The van der Waals surface area contributed by atoms with Crippen LogP contribution in [0.2, 0.25) is 0 Å². The van der Waals surface area contributed by atoms with E-state index in [1.165, 1.54) is 23.4 Å². The van der Waals surface area contributed by atoms with E-state index in [1.807, 2.05) is 4.90 Å². The summed E-state index contributed by atoms with van der Waals surface area (Å²) >= 11 is 2.30. The van der Waals surface area contributed by atoms with Crippen LogP contribution < -0.4 is 22.1 Å². The summed E-state index contributed by atoms with van der Waals surface area (Å²) in [5.41, 5.74) is 11.2. The fourth-order valence-corrected chi connectivity index (χ4v) is 5.52. The predicted molar refractivity (Wildman–Crippen MR) is 129 cm³/mol. The van der Waals surface area contributed by atoms with E-state index in [4.69, 9.17) is 11.5 Å². The van der Waals surface area contributed by atoms with E-state index >= 15 is 0 Å². The van der Waals surface area contributed by atoms with Crippen molar-refractivity contribution in [2.45, 2.75) is 11.4 Å². The van der Waals surface area contributed by atoms with Gasteiger partial charge in [-0.05, 0) is 0 Å². The van der Waals surface area contributed by atoms with Gasteiger partial charge in [0.2, 0.25) is 5.96 Å². The molecule has 2 atom stereocenters. The first-order valence-corrected chi connectivity index (χ1v) is 12.2. The van der Waals surface area contributed by atoms with Gasteiger partial charge >= 0.3 is 5.97 Å². The van der Waals surface area contributed by atoms with Gasteiger partial charge in [0.15, 0.2) is 10.8 Å². The molecule has 4 heterocycles. The van der Waals surface area contributed by atoms with Crippen LogP contribution in [0.4, 0.5) is 5.13 Å². The molecule has 1 aromatic heterocycles. The summed E-state index contributed by atoms with van der Waals surface area (Å²) in [6, 6.07) is -1.02. The van der Waals surface area contributed by atoms with Crippen molar-refractivity contribution in [3.63, 3.8) is 0 Å². The number of rotatable bonds is 6. The van der Waals surface area contributed by atoms with E-state index in [0.29, 0.717) is 13.1 Å². The smallest absolute Gasteiger partial charge is 0.353 e. The third-order valence-corrected chi connectivity index (χ3v) is 7.36. The van der Waals surface area contributed by atoms with Crippen molar-refractivity contribution in [3.05, 3.63) is 22.3 Å². The number of nitrogens with one attached hydrogen (secondary N) is 2. The Balaban J connectivity index is 1.47. The molecule has 3 aliphatic rings. The number of hydrogen-bond donors (Lipinski definition) is 6. The molecule has 1 aromatic rings. The lowest BCUT2D eigenvalue weighted by Crippen LogP contribution is -2.71. The molecule has 2 saturated heterocycles. The summed E-state index contributed by atoms with van der Waals surface area (Å²) < 4.78 is 0. The van der Waals surface area contributed by atoms with Gasteiger partial charge in [-0.25, -0.2) is 9.78 Å². The number of carbonyl (C=O) groups excluding carboxylic acids is 2. The Bertz CT molecular complexity index is 1160. The monoisotopic (exact) mass is 522 g/mol. The summed E-state index contributed by atoms with van der Waals surface area (Å²) in [4.78, 5) is 44.2. The fraction of sp³-hybridized carbons (Fsp3) is 0.389. The van der Waals surface area contributed by atoms with Crippen molar-refractivity contribution in [1.29, 1.82) is 0 Å². The zero-order valence-electron chi connectivity index (χ0n) is 18.1. The number of carboxylic acid groups (broad SMARTS) is 1. The number of amides is 2. The summed E-state index contributed by atoms with van der Waals surface area (Å²) in [7, 11) is 0. The van der Waals surface area contributed by atoms with Crippen molar-refractivity contribution < 1.29 is 24.7 Å². The third kappa shape index (κ3) is 4.91. The van der Waals surface area contributed by atoms with Gasteiger partial charge in [-0.2, -0.15) is 5.10 Å². The number of aliphatic carboxylic acids is 1. The number of hydrogen-bond acceptors (Lipinski definition) is 12. The predicted octanol–water partition coefficient (Wildman–Crippen LogP) is -2.15. The number of β-lactam (4-membered cyclic amide) rings is 1. The van der Waals surface area contributed by atoms with Crippen LogP contribution in [-0.2, 0) is 14.4 Å². The number of oxime groups is 1. The van der Waals surface area contributed by atoms with E-state index in [0.717, 1.165) is 29.3 Å². The number of guanidine groups is 1. The third-order valence-electron chi connectivity index (χ3n) is 5.38. The lowest BCUT2D eigenvalue weighted by molar-refractivity contribution is -0.150. The molecule has 0 saturated carbocycles. The van der Waals surface area contributed by atoms with E-state index in [-0.39, 0.29) is 33.8 Å². The largest absolute Gasteiger partial charge is 0.477 e. The molecule has 2 fully saturated rings. The standard InChI is InChI=1S/C18H22N10O5S2/c19-17(27-3-1-21-2-4-27)25-22-5-8-6-34-15-11(14(30)28(15)12(8)16(31)32)24-13(29)10(26-33)9-7-35-18(20)23-9/h5,7,11,15,21,33H,1-4,6H2,(H2,19,25)(H2,20,23)(H,24,29)(H,31,32)/b22-5?,26-10-/t11?,15-/m1/s1. The van der Waals surface area contributed by atoms with Gasteiger partial charge in [0.05, 0.1) is 6.21 Å². The second-order valence-corrected chi connectivity index (χ2v) is 9.49. The number of thioether (sulfide) groups is 1. The van der Waals surface area contributed by atoms with Gasteiger partial charge in [0, 0.05) is 42.9 Å². The first-order chi connectivity index (χ1) is 16.8. The average molecular weight is 523 g/mol. The minimum atomic E-state index is -1.32. The number of carboxylic acids is 1. The van der Waals surface area contributed by atoms with E-state index in [1.54, 1.807) is 0 Å². The molecule has 2 amide bonds. The lowest BCUT2D eigenvalue weighted by atomic mass is 10.0. The van der Waals surface area contributed by atoms with Crippen LogP contribution in [-0.4, -0.2) is 104 Å². The molecule has 0 aliphatic carbocycles. The van der Waals surface area contributed by atoms with Crippen LogP contribution in [0, 0.1) is 0 Å². The van der Waals surface area contributed by atoms with Gasteiger partial charge in [-0.15, -0.1) is 28.2 Å². The van der Waals surface area contributed by atoms with Gasteiger partial charge in [0.25, 0.3) is 11.8 Å². The molecule has 35 heavy (non-hydrogen) atoms. The van der Waals surface area contributed by atoms with Crippen LogP contribution in [0.25, 0.3) is 0 Å². The number of anilines is 1. The molecular weight excluding hydrogens is 500 g/mol. The first-order valence-electron chi connectivity index (χ1n) is 10.3. The van der Waals surface area contributed by atoms with Crippen LogP contribution in [0.5, 0.6) is 0 Å². The number of nitrogens with zero attached hydrogens (tertiary/aromatic N) is 6. The minimum absolute atomic E-state index is 0.0534. The number of thiazole rings is 1. The van der Waals surface area contributed by atoms with Crippen molar-refractivity contribution in [2.75, 3.05) is 37.7 Å². The number of carbonyl (C=O) groups is 3. The second-order valence-electron chi connectivity index (χ2n) is 7.50. The number of piperazine rings is 1. The summed E-state index contributed by atoms with van der Waals surface area (Å²) in [6.45, 7) is 2.90. The lowest BCUT2D eigenvalue weighted by Gasteiger charge is -2.49.